The van der Waals surface area contributed by atoms with Crippen LogP contribution in [0, 0.1) is 0 Å². The maximum Gasteiger partial charge on any atom is 0.328 e. The first-order valence-corrected chi connectivity index (χ1v) is 14.7. The van der Waals surface area contributed by atoms with Crippen LogP contribution >= 0.6 is 0 Å². The topological polar surface area (TPSA) is 71.2 Å². The van der Waals surface area contributed by atoms with Crippen molar-refractivity contribution < 1.29 is 14.3 Å². The molecule has 0 aliphatic heterocycles. The molecule has 1 amide bonds. The van der Waals surface area contributed by atoms with Gasteiger partial charge in [0.05, 0.1) is 6.61 Å². The van der Waals surface area contributed by atoms with Gasteiger partial charge in [0.1, 0.15) is 6.04 Å². The third kappa shape index (κ3) is 12.1. The molecule has 0 fully saturated rings. The number of carbonyl (C=O) groups is 2. The standard InChI is InChI=1S/C31H50N2O3/c1-3-5-7-9-11-12-13-14-16-22-30(34)33-29(31(35)36-23-19-15-10-8-6-4-2)24-26-25-32-28-21-18-17-20-27(26)28/h17-18,20-21,25,29,32H,3-16,19,22-24H2,1-2H3,(H,33,34)/t29-/m0/s1. The Hall–Kier alpha value is -2.30. The number of fused-ring (bicyclic) bond motifs is 1. The number of H-pyrrole nitrogens is 1. The van der Waals surface area contributed by atoms with E-state index in [4.69, 9.17) is 4.74 Å². The van der Waals surface area contributed by atoms with Crippen molar-refractivity contribution >= 4 is 22.8 Å². The van der Waals surface area contributed by atoms with Gasteiger partial charge in [0.15, 0.2) is 0 Å². The lowest BCUT2D eigenvalue weighted by Crippen LogP contribution is -2.43. The molecule has 1 heterocycles. The molecule has 0 aliphatic rings. The third-order valence-electron chi connectivity index (χ3n) is 6.97. The van der Waals surface area contributed by atoms with Crippen molar-refractivity contribution in [3.05, 3.63) is 36.0 Å². The number of hydrogen-bond acceptors (Lipinski definition) is 3. The molecule has 5 heteroatoms. The summed E-state index contributed by atoms with van der Waals surface area (Å²) in [6.07, 6.45) is 20.6. The summed E-state index contributed by atoms with van der Waals surface area (Å²) < 4.78 is 5.61. The molecule has 1 aromatic carbocycles. The van der Waals surface area contributed by atoms with Crippen molar-refractivity contribution in [1.82, 2.24) is 10.3 Å². The Morgan fingerprint density at radius 2 is 1.39 bits per heavy atom. The highest BCUT2D eigenvalue weighted by Gasteiger charge is 2.24. The third-order valence-corrected chi connectivity index (χ3v) is 6.97. The molecule has 0 saturated carbocycles. The van der Waals surface area contributed by atoms with E-state index in [1.165, 1.54) is 70.6 Å². The molecule has 2 N–H and O–H groups in total. The minimum absolute atomic E-state index is 0.0562. The van der Waals surface area contributed by atoms with Gasteiger partial charge >= 0.3 is 5.97 Å². The van der Waals surface area contributed by atoms with Gasteiger partial charge in [0.2, 0.25) is 5.91 Å². The molecular weight excluding hydrogens is 448 g/mol. The van der Waals surface area contributed by atoms with Crippen LogP contribution in [0.5, 0.6) is 0 Å². The number of unbranched alkanes of at least 4 members (excludes halogenated alkanes) is 13. The Morgan fingerprint density at radius 3 is 2.06 bits per heavy atom. The number of benzene rings is 1. The van der Waals surface area contributed by atoms with Crippen LogP contribution in [0.15, 0.2) is 30.5 Å². The van der Waals surface area contributed by atoms with Crippen molar-refractivity contribution in [3.8, 4) is 0 Å². The number of amides is 1. The number of ether oxygens (including phenoxy) is 1. The maximum absolute atomic E-state index is 13.0. The molecule has 0 saturated heterocycles. The first-order valence-electron chi connectivity index (χ1n) is 14.7. The first kappa shape index (κ1) is 29.9. The summed E-state index contributed by atoms with van der Waals surface area (Å²) in [5.41, 5.74) is 2.06. The summed E-state index contributed by atoms with van der Waals surface area (Å²) in [6.45, 7) is 4.87. The lowest BCUT2D eigenvalue weighted by molar-refractivity contribution is -0.148. The zero-order chi connectivity index (χ0) is 25.8. The van der Waals surface area contributed by atoms with E-state index in [-0.39, 0.29) is 11.9 Å². The minimum atomic E-state index is -0.657. The Bertz CT molecular complexity index is 860. The molecular formula is C31H50N2O3. The summed E-state index contributed by atoms with van der Waals surface area (Å²) in [7, 11) is 0. The number of hydrogen-bond donors (Lipinski definition) is 2. The summed E-state index contributed by atoms with van der Waals surface area (Å²) in [5.74, 6) is -0.381. The Labute approximate surface area is 219 Å². The first-order chi connectivity index (χ1) is 17.7. The van der Waals surface area contributed by atoms with E-state index in [0.717, 1.165) is 42.1 Å². The van der Waals surface area contributed by atoms with Gasteiger partial charge < -0.3 is 15.0 Å². The van der Waals surface area contributed by atoms with Crippen LogP contribution in [-0.2, 0) is 20.7 Å². The number of carbonyl (C=O) groups excluding carboxylic acids is 2. The Kier molecular flexibility index (Phi) is 15.7. The molecule has 202 valence electrons. The van der Waals surface area contributed by atoms with E-state index in [9.17, 15) is 9.59 Å². The Morgan fingerprint density at radius 1 is 0.806 bits per heavy atom. The van der Waals surface area contributed by atoms with Crippen LogP contribution < -0.4 is 5.32 Å². The molecule has 2 rings (SSSR count). The molecule has 1 atom stereocenters. The van der Waals surface area contributed by atoms with E-state index >= 15 is 0 Å². The summed E-state index contributed by atoms with van der Waals surface area (Å²) in [5, 5.41) is 4.07. The second-order valence-corrected chi connectivity index (χ2v) is 10.2. The van der Waals surface area contributed by atoms with Crippen LogP contribution in [0.25, 0.3) is 10.9 Å². The zero-order valence-electron chi connectivity index (χ0n) is 22.9. The van der Waals surface area contributed by atoms with Crippen LogP contribution in [0.2, 0.25) is 0 Å². The second-order valence-electron chi connectivity index (χ2n) is 10.2. The minimum Gasteiger partial charge on any atom is -0.464 e. The van der Waals surface area contributed by atoms with Crippen molar-refractivity contribution in [2.45, 2.75) is 129 Å². The monoisotopic (exact) mass is 498 g/mol. The smallest absolute Gasteiger partial charge is 0.328 e. The van der Waals surface area contributed by atoms with Gasteiger partial charge in [-0.25, -0.2) is 4.79 Å². The number of nitrogens with one attached hydrogen (secondary N) is 2. The van der Waals surface area contributed by atoms with E-state index in [1.54, 1.807) is 0 Å². The van der Waals surface area contributed by atoms with Crippen LogP contribution in [-0.4, -0.2) is 29.5 Å². The van der Waals surface area contributed by atoms with E-state index < -0.39 is 6.04 Å². The maximum atomic E-state index is 13.0. The zero-order valence-corrected chi connectivity index (χ0v) is 22.9. The molecule has 0 spiro atoms. The van der Waals surface area contributed by atoms with E-state index in [1.807, 2.05) is 30.5 Å². The van der Waals surface area contributed by atoms with Crippen molar-refractivity contribution in [1.29, 1.82) is 0 Å². The fraction of sp³-hybridized carbons (Fsp3) is 0.677. The highest BCUT2D eigenvalue weighted by atomic mass is 16.5. The van der Waals surface area contributed by atoms with Gasteiger partial charge in [-0.3, -0.25) is 4.79 Å². The number of aromatic nitrogens is 1. The van der Waals surface area contributed by atoms with Crippen molar-refractivity contribution in [3.63, 3.8) is 0 Å². The van der Waals surface area contributed by atoms with Crippen molar-refractivity contribution in [2.75, 3.05) is 6.61 Å². The molecule has 0 unspecified atom stereocenters. The number of para-hydroxylation sites is 1. The van der Waals surface area contributed by atoms with Gasteiger partial charge in [-0.05, 0) is 24.5 Å². The molecule has 36 heavy (non-hydrogen) atoms. The Balaban J connectivity index is 1.79. The molecule has 1 aromatic heterocycles. The quantitative estimate of drug-likeness (QED) is 0.135. The largest absolute Gasteiger partial charge is 0.464 e. The highest BCUT2D eigenvalue weighted by molar-refractivity contribution is 5.87. The fourth-order valence-corrected chi connectivity index (χ4v) is 4.73. The molecule has 0 bridgehead atoms. The second kappa shape index (κ2) is 18.9. The summed E-state index contributed by atoms with van der Waals surface area (Å²) in [6, 6.07) is 7.39. The van der Waals surface area contributed by atoms with Crippen LogP contribution in [0.4, 0.5) is 0 Å². The number of rotatable bonds is 21. The molecule has 0 radical (unpaired) electrons. The van der Waals surface area contributed by atoms with Gasteiger partial charge in [-0.2, -0.15) is 0 Å². The predicted octanol–water partition coefficient (Wildman–Crippen LogP) is 8.02. The average Bonchev–Trinajstić information content (AvgIpc) is 3.29. The fourth-order valence-electron chi connectivity index (χ4n) is 4.73. The lowest BCUT2D eigenvalue weighted by atomic mass is 10.0. The molecule has 5 nitrogen and oxygen atoms in total. The van der Waals surface area contributed by atoms with Crippen LogP contribution in [0.1, 0.15) is 122 Å². The van der Waals surface area contributed by atoms with Gasteiger partial charge in [-0.15, -0.1) is 0 Å². The highest BCUT2D eigenvalue weighted by Crippen LogP contribution is 2.20. The normalized spacial score (nSPS) is 12.1. The predicted molar refractivity (Wildman–Crippen MR) is 150 cm³/mol. The molecule has 0 aliphatic carbocycles. The van der Waals surface area contributed by atoms with E-state index in [0.29, 0.717) is 19.4 Å². The summed E-state index contributed by atoms with van der Waals surface area (Å²) >= 11 is 0. The van der Waals surface area contributed by atoms with Gasteiger partial charge in [0.25, 0.3) is 0 Å². The lowest BCUT2D eigenvalue weighted by Gasteiger charge is -2.18. The molecule has 2 aromatic rings. The van der Waals surface area contributed by atoms with E-state index in [2.05, 4.69) is 24.1 Å². The average molecular weight is 499 g/mol. The number of aromatic amines is 1. The summed E-state index contributed by atoms with van der Waals surface area (Å²) in [4.78, 5) is 28.9. The SMILES string of the molecule is CCCCCCCCCCCC(=O)N[C@@H](Cc1c[nH]c2ccccc12)C(=O)OCCCCCCCC. The van der Waals surface area contributed by atoms with Crippen LogP contribution in [0.3, 0.4) is 0 Å². The van der Waals surface area contributed by atoms with Gasteiger partial charge in [0, 0.05) is 29.9 Å². The van der Waals surface area contributed by atoms with Crippen molar-refractivity contribution in [2.24, 2.45) is 0 Å². The number of esters is 1. The van der Waals surface area contributed by atoms with Gasteiger partial charge in [-0.1, -0.05) is 116 Å².